The number of aliphatic hydroxyl groups is 1. The van der Waals surface area contributed by atoms with Crippen LogP contribution in [0.15, 0.2) is 30.3 Å². The zero-order valence-electron chi connectivity index (χ0n) is 13.0. The van der Waals surface area contributed by atoms with Gasteiger partial charge in [0, 0.05) is 6.54 Å². The number of rotatable bonds is 9. The van der Waals surface area contributed by atoms with Crippen LogP contribution in [0.1, 0.15) is 12.0 Å². The van der Waals surface area contributed by atoms with Crippen LogP contribution in [0.4, 0.5) is 4.79 Å². The molecular formula is C15H22ClN3O5. The number of amides is 2. The molecule has 1 rings (SSSR count). The van der Waals surface area contributed by atoms with E-state index in [-0.39, 0.29) is 19.0 Å². The average molecular weight is 360 g/mol. The number of carbonyl (C=O) groups excluding carboxylic acids is 2. The fourth-order valence-electron chi connectivity index (χ4n) is 2.03. The highest BCUT2D eigenvalue weighted by atomic mass is 35.5. The van der Waals surface area contributed by atoms with Crippen LogP contribution in [-0.4, -0.2) is 53.2 Å². The lowest BCUT2D eigenvalue weighted by molar-refractivity contribution is -0.130. The molecule has 0 heterocycles. The third kappa shape index (κ3) is 7.40. The predicted octanol–water partition coefficient (Wildman–Crippen LogP) is -0.318. The third-order valence-corrected chi connectivity index (χ3v) is 3.28. The number of halogens is 1. The molecule has 1 aromatic rings. The summed E-state index contributed by atoms with van der Waals surface area (Å²) in [7, 11) is 0. The van der Waals surface area contributed by atoms with Crippen molar-refractivity contribution in [2.75, 3.05) is 13.2 Å². The summed E-state index contributed by atoms with van der Waals surface area (Å²) >= 11 is 0. The zero-order chi connectivity index (χ0) is 17.2. The van der Waals surface area contributed by atoms with E-state index in [2.05, 4.69) is 5.32 Å². The Hall–Kier alpha value is -2.16. The molecule has 8 nitrogen and oxygen atoms in total. The van der Waals surface area contributed by atoms with Crippen LogP contribution in [0.25, 0.3) is 0 Å². The van der Waals surface area contributed by atoms with Gasteiger partial charge in [0.25, 0.3) is 0 Å². The number of benzene rings is 1. The van der Waals surface area contributed by atoms with Crippen LogP contribution >= 0.6 is 12.4 Å². The quantitative estimate of drug-likeness (QED) is 0.409. The van der Waals surface area contributed by atoms with Gasteiger partial charge in [0.2, 0.25) is 5.91 Å². The average Bonchev–Trinajstić information content (AvgIpc) is 2.56. The normalized spacial score (nSPS) is 12.4. The Balaban J connectivity index is 0.00000529. The molecule has 0 aromatic heterocycles. The predicted molar refractivity (Wildman–Crippen MR) is 90.0 cm³/mol. The highest BCUT2D eigenvalue weighted by Crippen LogP contribution is 2.06. The van der Waals surface area contributed by atoms with Gasteiger partial charge in [-0.3, -0.25) is 9.59 Å². The van der Waals surface area contributed by atoms with E-state index in [1.54, 1.807) is 0 Å². The van der Waals surface area contributed by atoms with E-state index < -0.39 is 36.5 Å². The van der Waals surface area contributed by atoms with Gasteiger partial charge in [0.05, 0.1) is 6.04 Å². The van der Waals surface area contributed by atoms with Crippen LogP contribution < -0.4 is 16.4 Å². The molecule has 2 amide bonds. The van der Waals surface area contributed by atoms with Crippen LogP contribution in [-0.2, 0) is 16.0 Å². The highest BCUT2D eigenvalue weighted by Gasteiger charge is 2.25. The molecule has 2 atom stereocenters. The molecule has 0 bridgehead atoms. The van der Waals surface area contributed by atoms with Crippen molar-refractivity contribution in [3.05, 3.63) is 35.9 Å². The molecular weight excluding hydrogens is 338 g/mol. The fraction of sp³-hybridized carbons (Fsp3) is 0.400. The van der Waals surface area contributed by atoms with Gasteiger partial charge >= 0.3 is 6.09 Å². The summed E-state index contributed by atoms with van der Waals surface area (Å²) in [6.07, 6.45) is -0.568. The fourth-order valence-corrected chi connectivity index (χ4v) is 2.03. The SMILES string of the molecule is Cl.NCC(NC(=O)O)C(=O)NC(CCc1ccccc1)C(=O)CO. The van der Waals surface area contributed by atoms with E-state index in [1.165, 1.54) is 0 Å². The molecule has 0 aliphatic heterocycles. The van der Waals surface area contributed by atoms with Crippen LogP contribution in [0.2, 0.25) is 0 Å². The molecule has 24 heavy (non-hydrogen) atoms. The van der Waals surface area contributed by atoms with Gasteiger partial charge in [-0.25, -0.2) is 4.79 Å². The van der Waals surface area contributed by atoms with Crippen LogP contribution in [0, 0.1) is 0 Å². The first-order valence-electron chi connectivity index (χ1n) is 7.15. The van der Waals surface area contributed by atoms with Crippen molar-refractivity contribution in [1.29, 1.82) is 0 Å². The van der Waals surface area contributed by atoms with E-state index in [1.807, 2.05) is 35.6 Å². The topological polar surface area (TPSA) is 142 Å². The summed E-state index contributed by atoms with van der Waals surface area (Å²) in [5.41, 5.74) is 6.33. The molecule has 0 radical (unpaired) electrons. The van der Waals surface area contributed by atoms with E-state index in [0.29, 0.717) is 12.8 Å². The van der Waals surface area contributed by atoms with Gasteiger partial charge in [-0.15, -0.1) is 12.4 Å². The molecule has 0 saturated heterocycles. The first-order chi connectivity index (χ1) is 11.0. The molecule has 0 aliphatic rings. The Morgan fingerprint density at radius 3 is 2.21 bits per heavy atom. The number of carbonyl (C=O) groups is 3. The minimum atomic E-state index is -1.38. The molecule has 0 fully saturated rings. The second kappa shape index (κ2) is 11.4. The van der Waals surface area contributed by atoms with E-state index in [4.69, 9.17) is 15.9 Å². The molecule has 6 N–H and O–H groups in total. The summed E-state index contributed by atoms with van der Waals surface area (Å²) in [4.78, 5) is 34.4. The van der Waals surface area contributed by atoms with Gasteiger partial charge in [-0.1, -0.05) is 30.3 Å². The Labute approximate surface area is 145 Å². The van der Waals surface area contributed by atoms with Crippen molar-refractivity contribution >= 4 is 30.2 Å². The highest BCUT2D eigenvalue weighted by molar-refractivity contribution is 5.92. The minimum Gasteiger partial charge on any atom is -0.465 e. The van der Waals surface area contributed by atoms with Crippen LogP contribution in [0.3, 0.4) is 0 Å². The van der Waals surface area contributed by atoms with E-state index >= 15 is 0 Å². The molecule has 0 aliphatic carbocycles. The maximum atomic E-state index is 12.0. The summed E-state index contributed by atoms with van der Waals surface area (Å²) in [6.45, 7) is -0.948. The van der Waals surface area contributed by atoms with Crippen LogP contribution in [0.5, 0.6) is 0 Å². The number of nitrogens with two attached hydrogens (primary N) is 1. The number of nitrogens with one attached hydrogen (secondary N) is 2. The summed E-state index contributed by atoms with van der Waals surface area (Å²) in [6, 6.07) is 7.30. The summed E-state index contributed by atoms with van der Waals surface area (Å²) < 4.78 is 0. The Bertz CT molecular complexity index is 541. The Morgan fingerprint density at radius 1 is 1.08 bits per heavy atom. The summed E-state index contributed by atoms with van der Waals surface area (Å²) in [5, 5.41) is 22.1. The molecule has 1 aromatic carbocycles. The number of ketones is 1. The second-order valence-corrected chi connectivity index (χ2v) is 4.95. The maximum absolute atomic E-state index is 12.0. The number of carboxylic acid groups (broad SMARTS) is 1. The molecule has 0 spiro atoms. The van der Waals surface area contributed by atoms with Gasteiger partial charge in [0.1, 0.15) is 12.6 Å². The van der Waals surface area contributed by atoms with Gasteiger partial charge in [-0.2, -0.15) is 0 Å². The smallest absolute Gasteiger partial charge is 0.405 e. The van der Waals surface area contributed by atoms with Gasteiger partial charge in [-0.05, 0) is 18.4 Å². The van der Waals surface area contributed by atoms with Crippen molar-refractivity contribution in [2.24, 2.45) is 5.73 Å². The summed E-state index contributed by atoms with van der Waals surface area (Å²) in [5.74, 6) is -1.24. The Morgan fingerprint density at radius 2 is 1.71 bits per heavy atom. The molecule has 134 valence electrons. The minimum absolute atomic E-state index is 0. The van der Waals surface area contributed by atoms with Crippen molar-refractivity contribution < 1.29 is 24.6 Å². The number of Topliss-reactive ketones (excluding diaryl/α,β-unsaturated/α-hetero) is 1. The van der Waals surface area contributed by atoms with Gasteiger partial charge in [0.15, 0.2) is 5.78 Å². The lowest BCUT2D eigenvalue weighted by Crippen LogP contribution is -2.54. The first kappa shape index (κ1) is 21.8. The molecule has 2 unspecified atom stereocenters. The molecule has 9 heteroatoms. The Kier molecular flexibility index (Phi) is 10.4. The zero-order valence-corrected chi connectivity index (χ0v) is 13.8. The molecule has 0 saturated carbocycles. The lowest BCUT2D eigenvalue weighted by Gasteiger charge is -2.20. The van der Waals surface area contributed by atoms with Crippen molar-refractivity contribution in [1.82, 2.24) is 10.6 Å². The van der Waals surface area contributed by atoms with Gasteiger partial charge < -0.3 is 26.6 Å². The lowest BCUT2D eigenvalue weighted by atomic mass is 10.0. The largest absolute Gasteiger partial charge is 0.465 e. The maximum Gasteiger partial charge on any atom is 0.405 e. The first-order valence-corrected chi connectivity index (χ1v) is 7.15. The van der Waals surface area contributed by atoms with Crippen molar-refractivity contribution in [2.45, 2.75) is 24.9 Å². The van der Waals surface area contributed by atoms with Crippen molar-refractivity contribution in [3.8, 4) is 0 Å². The number of hydrogen-bond acceptors (Lipinski definition) is 5. The third-order valence-electron chi connectivity index (χ3n) is 3.28. The van der Waals surface area contributed by atoms with E-state index in [9.17, 15) is 14.4 Å². The number of aryl methyl sites for hydroxylation is 1. The second-order valence-electron chi connectivity index (χ2n) is 4.95. The standard InChI is InChI=1S/C15H21N3O5.ClH/c16-8-12(18-15(22)23)14(21)17-11(13(20)9-19)7-6-10-4-2-1-3-5-10;/h1-5,11-12,18-19H,6-9,16H2,(H,17,21)(H,22,23);1H. The monoisotopic (exact) mass is 359 g/mol. The number of aliphatic hydroxyl groups excluding tert-OH is 1. The number of hydrogen-bond donors (Lipinski definition) is 5. The van der Waals surface area contributed by atoms with E-state index in [0.717, 1.165) is 5.56 Å². The van der Waals surface area contributed by atoms with Crippen molar-refractivity contribution in [3.63, 3.8) is 0 Å².